The van der Waals surface area contributed by atoms with Crippen LogP contribution in [0.4, 0.5) is 0 Å². The van der Waals surface area contributed by atoms with E-state index in [4.69, 9.17) is 0 Å². The Labute approximate surface area is 97.9 Å². The lowest BCUT2D eigenvalue weighted by Gasteiger charge is -2.20. The van der Waals surface area contributed by atoms with Gasteiger partial charge in [0, 0.05) is 11.0 Å². The van der Waals surface area contributed by atoms with Gasteiger partial charge in [-0.15, -0.1) is 0 Å². The quantitative estimate of drug-likeness (QED) is 0.684. The fourth-order valence-electron chi connectivity index (χ4n) is 1.89. The Morgan fingerprint density at radius 2 is 1.88 bits per heavy atom. The van der Waals surface area contributed by atoms with E-state index in [0.717, 1.165) is 18.4 Å². The van der Waals surface area contributed by atoms with E-state index in [1.165, 1.54) is 5.56 Å². The molecule has 1 heteroatoms. The van der Waals surface area contributed by atoms with Crippen LogP contribution in [0.25, 0.3) is 0 Å². The Morgan fingerprint density at radius 3 is 2.38 bits per heavy atom. The van der Waals surface area contributed by atoms with Gasteiger partial charge in [-0.05, 0) is 29.9 Å². The van der Waals surface area contributed by atoms with Crippen molar-refractivity contribution in [3.8, 4) is 0 Å². The smallest absolute Gasteiger partial charge is 0.168 e. The zero-order valence-corrected chi connectivity index (χ0v) is 10.6. The van der Waals surface area contributed by atoms with Crippen LogP contribution in [0.2, 0.25) is 0 Å². The van der Waals surface area contributed by atoms with Gasteiger partial charge < -0.3 is 0 Å². The predicted molar refractivity (Wildman–Crippen MR) is 66.8 cm³/mol. The molecular formula is C15H20O. The average molecular weight is 216 g/mol. The van der Waals surface area contributed by atoms with Crippen molar-refractivity contribution in [1.82, 2.24) is 0 Å². The summed E-state index contributed by atoms with van der Waals surface area (Å²) in [7, 11) is 0. The third-order valence-electron chi connectivity index (χ3n) is 3.54. The summed E-state index contributed by atoms with van der Waals surface area (Å²) in [6.07, 6.45) is 2.09. The maximum atomic E-state index is 12.2. The first-order chi connectivity index (χ1) is 7.33. The zero-order valence-electron chi connectivity index (χ0n) is 10.6. The van der Waals surface area contributed by atoms with E-state index in [1.54, 1.807) is 0 Å². The Hall–Kier alpha value is -1.11. The van der Waals surface area contributed by atoms with E-state index in [9.17, 15) is 4.79 Å². The molecule has 0 atom stereocenters. The fourth-order valence-corrected chi connectivity index (χ4v) is 1.89. The second-order valence-corrected chi connectivity index (χ2v) is 6.22. The normalized spacial score (nSPS) is 18.2. The summed E-state index contributed by atoms with van der Waals surface area (Å²) < 4.78 is 0. The first-order valence-electron chi connectivity index (χ1n) is 5.98. The number of carbonyl (C=O) groups is 1. The lowest BCUT2D eigenvalue weighted by Crippen LogP contribution is -2.15. The van der Waals surface area contributed by atoms with Gasteiger partial charge in [-0.3, -0.25) is 4.79 Å². The van der Waals surface area contributed by atoms with Crippen molar-refractivity contribution >= 4 is 5.78 Å². The van der Waals surface area contributed by atoms with E-state index in [2.05, 4.69) is 39.8 Å². The summed E-state index contributed by atoms with van der Waals surface area (Å²) in [5.74, 6) is 0.318. The zero-order chi connectivity index (χ0) is 12.0. The SMILES string of the molecule is CC1(C(=O)c2cccc(C(C)(C)C)c2)CC1. The van der Waals surface area contributed by atoms with Crippen molar-refractivity contribution in [3.05, 3.63) is 35.4 Å². The van der Waals surface area contributed by atoms with Gasteiger partial charge in [0.05, 0.1) is 0 Å². The van der Waals surface area contributed by atoms with Gasteiger partial charge in [0.2, 0.25) is 0 Å². The first kappa shape index (κ1) is 11.4. The minimum Gasteiger partial charge on any atom is -0.294 e. The van der Waals surface area contributed by atoms with E-state index >= 15 is 0 Å². The molecule has 1 saturated carbocycles. The summed E-state index contributed by atoms with van der Waals surface area (Å²) in [4.78, 5) is 12.2. The van der Waals surface area contributed by atoms with Crippen molar-refractivity contribution in [2.24, 2.45) is 5.41 Å². The van der Waals surface area contributed by atoms with Crippen molar-refractivity contribution in [3.63, 3.8) is 0 Å². The maximum absolute atomic E-state index is 12.2. The van der Waals surface area contributed by atoms with Crippen molar-refractivity contribution in [1.29, 1.82) is 0 Å². The molecule has 0 saturated heterocycles. The second kappa shape index (κ2) is 3.44. The second-order valence-electron chi connectivity index (χ2n) is 6.22. The molecule has 1 aliphatic carbocycles. The van der Waals surface area contributed by atoms with Crippen LogP contribution in [0.5, 0.6) is 0 Å². The third kappa shape index (κ3) is 2.04. The molecule has 0 heterocycles. The minimum atomic E-state index is -0.0590. The van der Waals surface area contributed by atoms with Crippen LogP contribution in [0, 0.1) is 5.41 Å². The molecule has 0 N–H and O–H groups in total. The molecule has 2 rings (SSSR count). The van der Waals surface area contributed by atoms with Gasteiger partial charge in [-0.2, -0.15) is 0 Å². The van der Waals surface area contributed by atoms with Crippen LogP contribution in [0.1, 0.15) is 56.5 Å². The number of hydrogen-bond donors (Lipinski definition) is 0. The number of rotatable bonds is 2. The molecule has 16 heavy (non-hydrogen) atoms. The van der Waals surface area contributed by atoms with Gasteiger partial charge in [-0.1, -0.05) is 45.9 Å². The minimum absolute atomic E-state index is 0.0590. The average Bonchev–Trinajstić information content (AvgIpc) is 2.96. The lowest BCUT2D eigenvalue weighted by molar-refractivity contribution is 0.0912. The molecule has 0 unspecified atom stereocenters. The molecule has 0 radical (unpaired) electrons. The monoisotopic (exact) mass is 216 g/mol. The molecule has 86 valence electrons. The van der Waals surface area contributed by atoms with E-state index < -0.39 is 0 Å². The summed E-state index contributed by atoms with van der Waals surface area (Å²) in [5, 5.41) is 0. The van der Waals surface area contributed by atoms with E-state index in [-0.39, 0.29) is 10.8 Å². The summed E-state index contributed by atoms with van der Waals surface area (Å²) in [5.41, 5.74) is 2.17. The van der Waals surface area contributed by atoms with Crippen LogP contribution in [-0.2, 0) is 5.41 Å². The van der Waals surface area contributed by atoms with Gasteiger partial charge in [-0.25, -0.2) is 0 Å². The van der Waals surface area contributed by atoms with Crippen molar-refractivity contribution < 1.29 is 4.79 Å². The van der Waals surface area contributed by atoms with Crippen molar-refractivity contribution in [2.75, 3.05) is 0 Å². The lowest BCUT2D eigenvalue weighted by atomic mass is 9.84. The summed E-state index contributed by atoms with van der Waals surface area (Å²) >= 11 is 0. The largest absolute Gasteiger partial charge is 0.294 e. The Kier molecular flexibility index (Phi) is 2.45. The highest BCUT2D eigenvalue weighted by Gasteiger charge is 2.44. The fraction of sp³-hybridized carbons (Fsp3) is 0.533. The number of ketones is 1. The van der Waals surface area contributed by atoms with Crippen LogP contribution in [0.15, 0.2) is 24.3 Å². The Morgan fingerprint density at radius 1 is 1.25 bits per heavy atom. The third-order valence-corrected chi connectivity index (χ3v) is 3.54. The molecule has 1 aliphatic rings. The molecule has 1 aromatic rings. The van der Waals surface area contributed by atoms with Crippen molar-refractivity contribution in [2.45, 2.75) is 46.0 Å². The maximum Gasteiger partial charge on any atom is 0.168 e. The molecule has 0 amide bonds. The molecule has 0 aromatic heterocycles. The summed E-state index contributed by atoms with van der Waals surface area (Å²) in [6.45, 7) is 8.60. The Bertz CT molecular complexity index is 419. The highest BCUT2D eigenvalue weighted by molar-refractivity contribution is 6.02. The molecular weight excluding hydrogens is 196 g/mol. The van der Waals surface area contributed by atoms with Crippen LogP contribution in [0.3, 0.4) is 0 Å². The molecule has 1 aromatic carbocycles. The van der Waals surface area contributed by atoms with Gasteiger partial charge in [0.1, 0.15) is 0 Å². The highest BCUT2D eigenvalue weighted by atomic mass is 16.1. The molecule has 0 aliphatic heterocycles. The topological polar surface area (TPSA) is 17.1 Å². The van der Waals surface area contributed by atoms with Gasteiger partial charge >= 0.3 is 0 Å². The standard InChI is InChI=1S/C15H20O/c1-14(2,3)12-7-5-6-11(10-12)13(16)15(4)8-9-15/h5-7,10H,8-9H2,1-4H3. The van der Waals surface area contributed by atoms with Gasteiger partial charge in [0.15, 0.2) is 5.78 Å². The molecule has 1 fully saturated rings. The van der Waals surface area contributed by atoms with Gasteiger partial charge in [0.25, 0.3) is 0 Å². The number of Topliss-reactive ketones (excluding diaryl/α,β-unsaturated/α-hetero) is 1. The van der Waals surface area contributed by atoms with Crippen LogP contribution >= 0.6 is 0 Å². The van der Waals surface area contributed by atoms with Crippen LogP contribution < -0.4 is 0 Å². The number of hydrogen-bond acceptors (Lipinski definition) is 1. The van der Waals surface area contributed by atoms with E-state index in [0.29, 0.717) is 5.78 Å². The van der Waals surface area contributed by atoms with E-state index in [1.807, 2.05) is 12.1 Å². The Balaban J connectivity index is 2.33. The van der Waals surface area contributed by atoms with Crippen LogP contribution in [-0.4, -0.2) is 5.78 Å². The highest BCUT2D eigenvalue weighted by Crippen LogP contribution is 2.47. The summed E-state index contributed by atoms with van der Waals surface area (Å²) in [6, 6.07) is 8.11. The molecule has 1 nitrogen and oxygen atoms in total. The number of carbonyl (C=O) groups excluding carboxylic acids is 1. The first-order valence-corrected chi connectivity index (χ1v) is 5.98. The predicted octanol–water partition coefficient (Wildman–Crippen LogP) is 3.97. The molecule has 0 spiro atoms. The molecule has 0 bridgehead atoms. The number of benzene rings is 1.